The van der Waals surface area contributed by atoms with Crippen LogP contribution >= 0.6 is 0 Å². The number of primary sulfonamides is 1. The van der Waals surface area contributed by atoms with Crippen LogP contribution in [0.5, 0.6) is 11.6 Å². The summed E-state index contributed by atoms with van der Waals surface area (Å²) < 4.78 is 62.7. The average Bonchev–Trinajstić information content (AvgIpc) is 3.00. The van der Waals surface area contributed by atoms with Crippen molar-refractivity contribution in [2.45, 2.75) is 31.6 Å². The van der Waals surface area contributed by atoms with Crippen molar-refractivity contribution in [3.05, 3.63) is 107 Å². The number of sulfonamides is 1. The molecule has 6 rings (SSSR count). The third-order valence-electron chi connectivity index (χ3n) is 7.92. The first-order valence-electron chi connectivity index (χ1n) is 14.5. The molecule has 1 aliphatic rings. The van der Waals surface area contributed by atoms with Gasteiger partial charge in [0.25, 0.3) is 0 Å². The fourth-order valence-electron chi connectivity index (χ4n) is 5.86. The topological polar surface area (TPSA) is 132 Å². The Kier molecular flexibility index (Phi) is 8.45. The summed E-state index contributed by atoms with van der Waals surface area (Å²) in [6.07, 6.45) is 4.23. The molecule has 3 atom stereocenters. The molecule has 5 aromatic rings. The Morgan fingerprint density at radius 2 is 1.76 bits per heavy atom. The van der Waals surface area contributed by atoms with Gasteiger partial charge < -0.3 is 15.4 Å². The molecule has 12 heteroatoms. The number of hydrogen-bond donors (Lipinski definition) is 3. The van der Waals surface area contributed by atoms with Crippen molar-refractivity contribution in [3.63, 3.8) is 0 Å². The minimum Gasteiger partial charge on any atom is -0.437 e. The summed E-state index contributed by atoms with van der Waals surface area (Å²) in [4.78, 5) is 13.6. The van der Waals surface area contributed by atoms with Crippen LogP contribution in [0.15, 0.2) is 79.1 Å². The molecular formula is C33H32F2N6O3S. The third kappa shape index (κ3) is 6.35. The lowest BCUT2D eigenvalue weighted by Gasteiger charge is -2.28. The van der Waals surface area contributed by atoms with E-state index < -0.39 is 26.9 Å². The molecule has 9 nitrogen and oxygen atoms in total. The molecule has 2 aromatic heterocycles. The standard InChI is InChI=1S/C33H32F2N6O3S/c1-19-16-21(18-37-17-19)40-33-39-15-13-28(41-33)25-7-5-14-38-32(25)44-30-20(2)9-10-22-23(30)11-12-27(35)29(22)31(45(36,42)43)24-6-3-4-8-26(24)34/h3-15,19,21,31,37H,16-18H2,1-2H3,(H2,36,42,43)(H,39,40,41)/t19-,21+,31?/m1/s1. The molecule has 0 radical (unpaired) electrons. The third-order valence-corrected chi connectivity index (χ3v) is 9.07. The number of anilines is 1. The second-order valence-corrected chi connectivity index (χ2v) is 13.0. The first-order chi connectivity index (χ1) is 21.6. The summed E-state index contributed by atoms with van der Waals surface area (Å²) in [6, 6.07) is 16.7. The average molecular weight is 631 g/mol. The zero-order valence-electron chi connectivity index (χ0n) is 24.7. The number of hydrogen-bond acceptors (Lipinski definition) is 8. The molecule has 1 unspecified atom stereocenters. The van der Waals surface area contributed by atoms with E-state index in [0.29, 0.717) is 39.8 Å². The summed E-state index contributed by atoms with van der Waals surface area (Å²) in [7, 11) is -4.51. The Labute approximate surface area is 260 Å². The van der Waals surface area contributed by atoms with Crippen LogP contribution in [0.4, 0.5) is 14.7 Å². The lowest BCUT2D eigenvalue weighted by atomic mass is 9.95. The van der Waals surface area contributed by atoms with Gasteiger partial charge in [0.2, 0.25) is 21.9 Å². The van der Waals surface area contributed by atoms with Crippen LogP contribution in [0.25, 0.3) is 22.0 Å². The van der Waals surface area contributed by atoms with Crippen LogP contribution in [-0.4, -0.2) is 42.5 Å². The quantitative estimate of drug-likeness (QED) is 0.194. The van der Waals surface area contributed by atoms with Gasteiger partial charge in [0.05, 0.1) is 11.3 Å². The second-order valence-electron chi connectivity index (χ2n) is 11.3. The van der Waals surface area contributed by atoms with Gasteiger partial charge in [-0.3, -0.25) is 0 Å². The molecular weight excluding hydrogens is 598 g/mol. The molecule has 0 saturated carbocycles. The number of nitrogens with two attached hydrogens (primary N) is 1. The van der Waals surface area contributed by atoms with E-state index in [1.165, 1.54) is 24.3 Å². The fraction of sp³-hybridized carbons (Fsp3) is 0.242. The Morgan fingerprint density at radius 1 is 0.956 bits per heavy atom. The minimum atomic E-state index is -4.51. The Balaban J connectivity index is 1.42. The summed E-state index contributed by atoms with van der Waals surface area (Å²) >= 11 is 0. The number of benzene rings is 3. The number of ether oxygens (including phenoxy) is 1. The van der Waals surface area contributed by atoms with Gasteiger partial charge in [-0.15, -0.1) is 0 Å². The van der Waals surface area contributed by atoms with E-state index in [4.69, 9.17) is 14.9 Å². The first kappa shape index (κ1) is 30.5. The van der Waals surface area contributed by atoms with E-state index in [0.717, 1.165) is 31.6 Å². The van der Waals surface area contributed by atoms with E-state index in [2.05, 4.69) is 27.5 Å². The van der Waals surface area contributed by atoms with Crippen LogP contribution < -0.4 is 20.5 Å². The molecule has 0 spiro atoms. The lowest BCUT2D eigenvalue weighted by Crippen LogP contribution is -2.42. The highest BCUT2D eigenvalue weighted by atomic mass is 32.2. The van der Waals surface area contributed by atoms with Crippen LogP contribution in [0, 0.1) is 24.5 Å². The van der Waals surface area contributed by atoms with Gasteiger partial charge in [-0.2, -0.15) is 0 Å². The van der Waals surface area contributed by atoms with Crippen LogP contribution in [-0.2, 0) is 10.0 Å². The number of aromatic nitrogens is 3. The molecule has 0 aliphatic carbocycles. The summed E-state index contributed by atoms with van der Waals surface area (Å²) in [6.45, 7) is 5.79. The zero-order chi connectivity index (χ0) is 31.7. The first-order valence-corrected chi connectivity index (χ1v) is 16.1. The van der Waals surface area contributed by atoms with Crippen molar-refractivity contribution in [2.75, 3.05) is 18.4 Å². The molecule has 3 aromatic carbocycles. The van der Waals surface area contributed by atoms with E-state index in [1.807, 2.05) is 6.07 Å². The van der Waals surface area contributed by atoms with E-state index in [9.17, 15) is 12.8 Å². The number of aryl methyl sites for hydroxylation is 1. The number of nitrogens with zero attached hydrogens (tertiary/aromatic N) is 3. The molecule has 1 fully saturated rings. The monoisotopic (exact) mass is 630 g/mol. The predicted octanol–water partition coefficient (Wildman–Crippen LogP) is 5.86. The maximum atomic E-state index is 15.6. The number of halogens is 2. The van der Waals surface area contributed by atoms with Gasteiger partial charge in [0.1, 0.15) is 22.6 Å². The molecule has 1 aliphatic heterocycles. The Bertz CT molecular complexity index is 1990. The van der Waals surface area contributed by atoms with Crippen molar-refractivity contribution in [2.24, 2.45) is 11.1 Å². The summed E-state index contributed by atoms with van der Waals surface area (Å²) in [5, 5.41) is 11.2. The van der Waals surface area contributed by atoms with Crippen molar-refractivity contribution in [1.82, 2.24) is 20.3 Å². The van der Waals surface area contributed by atoms with E-state index in [-0.39, 0.29) is 28.4 Å². The van der Waals surface area contributed by atoms with Gasteiger partial charge in [0, 0.05) is 41.5 Å². The Hall–Kier alpha value is -4.52. The van der Waals surface area contributed by atoms with Gasteiger partial charge >= 0.3 is 0 Å². The van der Waals surface area contributed by atoms with E-state index >= 15 is 4.39 Å². The lowest BCUT2D eigenvalue weighted by molar-refractivity contribution is 0.377. The molecule has 4 N–H and O–H groups in total. The van der Waals surface area contributed by atoms with Crippen molar-refractivity contribution in [1.29, 1.82) is 0 Å². The van der Waals surface area contributed by atoms with Gasteiger partial charge in [-0.05, 0) is 73.2 Å². The number of piperidine rings is 1. The predicted molar refractivity (Wildman–Crippen MR) is 169 cm³/mol. The van der Waals surface area contributed by atoms with Crippen LogP contribution in [0.2, 0.25) is 0 Å². The number of rotatable bonds is 8. The zero-order valence-corrected chi connectivity index (χ0v) is 25.5. The van der Waals surface area contributed by atoms with Crippen molar-refractivity contribution >= 4 is 26.7 Å². The minimum absolute atomic E-state index is 0.187. The molecule has 0 bridgehead atoms. The second kappa shape index (κ2) is 12.5. The maximum absolute atomic E-state index is 15.6. The normalized spacial score (nSPS) is 17.6. The largest absolute Gasteiger partial charge is 0.437 e. The molecule has 232 valence electrons. The van der Waals surface area contributed by atoms with Gasteiger partial charge in [-0.1, -0.05) is 37.3 Å². The highest BCUT2D eigenvalue weighted by Crippen LogP contribution is 2.42. The number of fused-ring (bicyclic) bond motifs is 1. The fourth-order valence-corrected chi connectivity index (χ4v) is 6.97. The van der Waals surface area contributed by atoms with E-state index in [1.54, 1.807) is 43.6 Å². The van der Waals surface area contributed by atoms with Gasteiger partial charge in [-0.25, -0.2) is 37.3 Å². The van der Waals surface area contributed by atoms with Crippen LogP contribution in [0.3, 0.4) is 0 Å². The molecule has 3 heterocycles. The molecule has 1 saturated heterocycles. The molecule has 45 heavy (non-hydrogen) atoms. The van der Waals surface area contributed by atoms with Crippen molar-refractivity contribution in [3.8, 4) is 22.9 Å². The highest BCUT2D eigenvalue weighted by molar-refractivity contribution is 7.89. The van der Waals surface area contributed by atoms with Gasteiger partial charge in [0.15, 0.2) is 0 Å². The number of pyridine rings is 1. The SMILES string of the molecule is Cc1ccc2c(C(c3ccccc3F)S(N)(=O)=O)c(F)ccc2c1Oc1ncccc1-c1ccnc(N[C@@H]2CNC[C@H](C)C2)n1. The number of nitrogens with one attached hydrogen (secondary N) is 2. The maximum Gasteiger partial charge on any atom is 0.228 e. The highest BCUT2D eigenvalue weighted by Gasteiger charge is 2.33. The van der Waals surface area contributed by atoms with Crippen LogP contribution in [0.1, 0.15) is 35.3 Å². The summed E-state index contributed by atoms with van der Waals surface area (Å²) in [5.74, 6) is -0.0995. The van der Waals surface area contributed by atoms with Crippen molar-refractivity contribution < 1.29 is 21.9 Å². The summed E-state index contributed by atoms with van der Waals surface area (Å²) in [5.41, 5.74) is 1.31. The smallest absolute Gasteiger partial charge is 0.228 e. The Morgan fingerprint density at radius 3 is 2.53 bits per heavy atom. The molecule has 0 amide bonds.